The summed E-state index contributed by atoms with van der Waals surface area (Å²) in [6.45, 7) is 4.75. The molecular formula is C15H18N2O4. The maximum Gasteiger partial charge on any atom is 0.326 e. The summed E-state index contributed by atoms with van der Waals surface area (Å²) in [7, 11) is 0. The number of carbonyl (C=O) groups is 3. The molecule has 2 amide bonds. The molecule has 0 radical (unpaired) electrons. The lowest BCUT2D eigenvalue weighted by Crippen LogP contribution is -2.41. The topological polar surface area (TPSA) is 95.5 Å². The van der Waals surface area contributed by atoms with Crippen LogP contribution in [0.3, 0.4) is 0 Å². The smallest absolute Gasteiger partial charge is 0.326 e. The van der Waals surface area contributed by atoms with Crippen molar-refractivity contribution in [2.45, 2.75) is 25.8 Å². The Morgan fingerprint density at radius 3 is 2.38 bits per heavy atom. The van der Waals surface area contributed by atoms with Crippen molar-refractivity contribution in [3.05, 3.63) is 42.5 Å². The van der Waals surface area contributed by atoms with Crippen LogP contribution in [0.25, 0.3) is 0 Å². The molecule has 0 aliphatic rings. The second kappa shape index (κ2) is 7.84. The first kappa shape index (κ1) is 16.4. The van der Waals surface area contributed by atoms with Crippen molar-refractivity contribution in [3.63, 3.8) is 0 Å². The molecular weight excluding hydrogens is 272 g/mol. The Bertz CT molecular complexity index is 537. The molecule has 3 N–H and O–H groups in total. The van der Waals surface area contributed by atoms with Gasteiger partial charge in [0.05, 0.1) is 0 Å². The van der Waals surface area contributed by atoms with E-state index in [-0.39, 0.29) is 18.7 Å². The van der Waals surface area contributed by atoms with Gasteiger partial charge in [-0.2, -0.15) is 0 Å². The Balaban J connectivity index is 2.68. The predicted molar refractivity (Wildman–Crippen MR) is 78.8 cm³/mol. The van der Waals surface area contributed by atoms with Crippen LogP contribution in [0.4, 0.5) is 5.69 Å². The van der Waals surface area contributed by atoms with Crippen LogP contribution < -0.4 is 10.6 Å². The van der Waals surface area contributed by atoms with E-state index in [0.717, 1.165) is 5.56 Å². The molecule has 0 heterocycles. The first-order valence-corrected chi connectivity index (χ1v) is 6.42. The molecule has 6 heteroatoms. The largest absolute Gasteiger partial charge is 0.480 e. The quantitative estimate of drug-likeness (QED) is 0.660. The Kier molecular flexibility index (Phi) is 6.13. The number of anilines is 1. The van der Waals surface area contributed by atoms with Gasteiger partial charge in [0.25, 0.3) is 0 Å². The van der Waals surface area contributed by atoms with Crippen molar-refractivity contribution >= 4 is 23.5 Å². The van der Waals surface area contributed by atoms with Gasteiger partial charge in [0.15, 0.2) is 0 Å². The number of carboxylic acid groups (broad SMARTS) is 1. The molecule has 0 spiro atoms. The molecule has 112 valence electrons. The summed E-state index contributed by atoms with van der Waals surface area (Å²) in [4.78, 5) is 33.4. The monoisotopic (exact) mass is 290 g/mol. The van der Waals surface area contributed by atoms with Crippen molar-refractivity contribution in [1.29, 1.82) is 0 Å². The number of nitrogens with one attached hydrogen (secondary N) is 2. The van der Waals surface area contributed by atoms with Gasteiger partial charge < -0.3 is 15.7 Å². The number of aliphatic carboxylic acids is 1. The fraction of sp³-hybridized carbons (Fsp3) is 0.267. The van der Waals surface area contributed by atoms with Gasteiger partial charge in [0.2, 0.25) is 11.8 Å². The van der Waals surface area contributed by atoms with E-state index in [1.807, 2.05) is 0 Å². The first-order chi connectivity index (χ1) is 9.92. The van der Waals surface area contributed by atoms with Crippen LogP contribution >= 0.6 is 0 Å². The van der Waals surface area contributed by atoms with Gasteiger partial charge in [-0.3, -0.25) is 9.59 Å². The third-order valence-corrected chi connectivity index (χ3v) is 2.68. The summed E-state index contributed by atoms with van der Waals surface area (Å²) in [6, 6.07) is 5.82. The zero-order valence-electron chi connectivity index (χ0n) is 11.8. The highest BCUT2D eigenvalue weighted by molar-refractivity contribution is 5.91. The van der Waals surface area contributed by atoms with Crippen LogP contribution in [0, 0.1) is 0 Å². The molecule has 1 atom stereocenters. The molecule has 1 unspecified atom stereocenters. The summed E-state index contributed by atoms with van der Waals surface area (Å²) in [5.41, 5.74) is 1.37. The van der Waals surface area contributed by atoms with Crippen LogP contribution in [0.1, 0.15) is 18.9 Å². The number of hydrogen-bond donors (Lipinski definition) is 3. The number of carboxylic acids is 1. The molecule has 0 aliphatic heterocycles. The molecule has 1 aromatic rings. The lowest BCUT2D eigenvalue weighted by atomic mass is 10.1. The van der Waals surface area contributed by atoms with Crippen molar-refractivity contribution in [3.8, 4) is 0 Å². The molecule has 0 aliphatic carbocycles. The van der Waals surface area contributed by atoms with Gasteiger partial charge in [0, 0.05) is 25.5 Å². The number of benzene rings is 1. The fourth-order valence-electron chi connectivity index (χ4n) is 1.75. The molecule has 21 heavy (non-hydrogen) atoms. The standard InChI is InChI=1S/C15H18N2O4/c1-3-4-14(19)17-12-7-5-11(6-8-12)9-13(15(20)21)16-10(2)18/h3,5-8,13H,1,4,9H2,2H3,(H,16,18)(H,17,19)(H,20,21). The van der Waals surface area contributed by atoms with E-state index in [9.17, 15) is 14.4 Å². The van der Waals surface area contributed by atoms with E-state index < -0.39 is 17.9 Å². The second-order valence-electron chi connectivity index (χ2n) is 4.53. The Morgan fingerprint density at radius 1 is 1.29 bits per heavy atom. The van der Waals surface area contributed by atoms with Crippen molar-refractivity contribution in [1.82, 2.24) is 5.32 Å². The predicted octanol–water partition coefficient (Wildman–Crippen LogP) is 1.33. The Morgan fingerprint density at radius 2 is 1.90 bits per heavy atom. The lowest BCUT2D eigenvalue weighted by molar-refractivity contribution is -0.141. The number of rotatable bonds is 7. The third-order valence-electron chi connectivity index (χ3n) is 2.68. The summed E-state index contributed by atoms with van der Waals surface area (Å²) in [6.07, 6.45) is 1.91. The normalized spacial score (nSPS) is 11.3. The maximum atomic E-state index is 11.4. The van der Waals surface area contributed by atoms with E-state index in [1.165, 1.54) is 13.0 Å². The van der Waals surface area contributed by atoms with E-state index >= 15 is 0 Å². The SMILES string of the molecule is C=CCC(=O)Nc1ccc(CC(NC(C)=O)C(=O)O)cc1. The van der Waals surface area contributed by atoms with Crippen LogP contribution in [-0.2, 0) is 20.8 Å². The van der Waals surface area contributed by atoms with Gasteiger partial charge in [0.1, 0.15) is 6.04 Å². The first-order valence-electron chi connectivity index (χ1n) is 6.42. The van der Waals surface area contributed by atoms with Gasteiger partial charge in [-0.05, 0) is 17.7 Å². The van der Waals surface area contributed by atoms with E-state index in [1.54, 1.807) is 24.3 Å². The van der Waals surface area contributed by atoms with Gasteiger partial charge >= 0.3 is 5.97 Å². The summed E-state index contributed by atoms with van der Waals surface area (Å²) >= 11 is 0. The minimum atomic E-state index is -1.09. The summed E-state index contributed by atoms with van der Waals surface area (Å²) in [5.74, 6) is -1.65. The zero-order valence-corrected chi connectivity index (χ0v) is 11.8. The zero-order chi connectivity index (χ0) is 15.8. The summed E-state index contributed by atoms with van der Waals surface area (Å²) < 4.78 is 0. The van der Waals surface area contributed by atoms with Gasteiger partial charge in [-0.1, -0.05) is 18.2 Å². The second-order valence-corrected chi connectivity index (χ2v) is 4.53. The molecule has 0 fully saturated rings. The number of hydrogen-bond acceptors (Lipinski definition) is 3. The minimum absolute atomic E-state index is 0.167. The van der Waals surface area contributed by atoms with Crippen LogP contribution in [0.15, 0.2) is 36.9 Å². The molecule has 0 aromatic heterocycles. The van der Waals surface area contributed by atoms with Gasteiger partial charge in [-0.25, -0.2) is 4.79 Å². The Labute approximate surface area is 122 Å². The van der Waals surface area contributed by atoms with Crippen molar-refractivity contribution in [2.24, 2.45) is 0 Å². The highest BCUT2D eigenvalue weighted by Gasteiger charge is 2.18. The Hall–Kier alpha value is -2.63. The molecule has 0 saturated carbocycles. The molecule has 0 saturated heterocycles. The lowest BCUT2D eigenvalue weighted by Gasteiger charge is -2.13. The van der Waals surface area contributed by atoms with Crippen LogP contribution in [-0.4, -0.2) is 28.9 Å². The van der Waals surface area contributed by atoms with E-state index in [0.29, 0.717) is 5.69 Å². The fourth-order valence-corrected chi connectivity index (χ4v) is 1.75. The minimum Gasteiger partial charge on any atom is -0.480 e. The molecule has 6 nitrogen and oxygen atoms in total. The van der Waals surface area contributed by atoms with Crippen LogP contribution in [0.2, 0.25) is 0 Å². The van der Waals surface area contributed by atoms with E-state index in [4.69, 9.17) is 5.11 Å². The molecule has 0 bridgehead atoms. The number of amides is 2. The summed E-state index contributed by atoms with van der Waals surface area (Å²) in [5, 5.41) is 14.1. The highest BCUT2D eigenvalue weighted by atomic mass is 16.4. The number of carbonyl (C=O) groups excluding carboxylic acids is 2. The maximum absolute atomic E-state index is 11.4. The van der Waals surface area contributed by atoms with Crippen LogP contribution in [0.5, 0.6) is 0 Å². The average Bonchev–Trinajstić information content (AvgIpc) is 2.39. The molecule has 1 rings (SSSR count). The van der Waals surface area contributed by atoms with E-state index in [2.05, 4.69) is 17.2 Å². The molecule has 1 aromatic carbocycles. The third kappa shape index (κ3) is 5.90. The average molecular weight is 290 g/mol. The highest BCUT2D eigenvalue weighted by Crippen LogP contribution is 2.12. The van der Waals surface area contributed by atoms with Crippen molar-refractivity contribution in [2.75, 3.05) is 5.32 Å². The van der Waals surface area contributed by atoms with Crippen molar-refractivity contribution < 1.29 is 19.5 Å². The van der Waals surface area contributed by atoms with Gasteiger partial charge in [-0.15, -0.1) is 6.58 Å².